The zero-order valence-electron chi connectivity index (χ0n) is 6.26. The molecule has 4 heteroatoms. The maximum absolute atomic E-state index is 10.9. The molecule has 1 atom stereocenters. The van der Waals surface area contributed by atoms with Gasteiger partial charge in [0.25, 0.3) is 0 Å². The van der Waals surface area contributed by atoms with Crippen molar-refractivity contribution in [3.63, 3.8) is 0 Å². The zero-order valence-corrected chi connectivity index (χ0v) is 6.26. The Kier molecular flexibility index (Phi) is 1.58. The van der Waals surface area contributed by atoms with E-state index < -0.39 is 0 Å². The Hall–Kier alpha value is -0.610. The molecule has 4 nitrogen and oxygen atoms in total. The van der Waals surface area contributed by atoms with Gasteiger partial charge in [-0.25, -0.2) is 0 Å². The monoisotopic (exact) mass is 157 g/mol. The highest BCUT2D eigenvalue weighted by Crippen LogP contribution is 2.20. The molecule has 2 aliphatic heterocycles. The number of rotatable bonds is 0. The van der Waals surface area contributed by atoms with E-state index >= 15 is 0 Å². The molecule has 2 fully saturated rings. The van der Waals surface area contributed by atoms with Crippen LogP contribution in [0.5, 0.6) is 0 Å². The van der Waals surface area contributed by atoms with Gasteiger partial charge in [0.15, 0.2) is 0 Å². The van der Waals surface area contributed by atoms with E-state index in [0.717, 1.165) is 13.0 Å². The first-order chi connectivity index (χ1) is 5.31. The van der Waals surface area contributed by atoms with Gasteiger partial charge in [0.1, 0.15) is 6.61 Å². The van der Waals surface area contributed by atoms with Gasteiger partial charge in [0, 0.05) is 6.61 Å². The second-order valence-electron chi connectivity index (χ2n) is 3.12. The van der Waals surface area contributed by atoms with Crippen LogP contribution in [0, 0.1) is 0 Å². The molecule has 1 unspecified atom stereocenters. The zero-order chi connectivity index (χ0) is 7.73. The van der Waals surface area contributed by atoms with Gasteiger partial charge in [-0.2, -0.15) is 0 Å². The SMILES string of the molecule is O=C1COCC2(CCOC2)N1. The van der Waals surface area contributed by atoms with Crippen LogP contribution in [0.1, 0.15) is 6.42 Å². The second kappa shape index (κ2) is 2.46. The molecule has 0 bridgehead atoms. The van der Waals surface area contributed by atoms with E-state index in [-0.39, 0.29) is 18.1 Å². The molecule has 2 saturated heterocycles. The van der Waals surface area contributed by atoms with Crippen LogP contribution in [-0.2, 0) is 14.3 Å². The molecule has 0 saturated carbocycles. The van der Waals surface area contributed by atoms with E-state index in [9.17, 15) is 4.79 Å². The van der Waals surface area contributed by atoms with Gasteiger partial charge in [-0.1, -0.05) is 0 Å². The molecular weight excluding hydrogens is 146 g/mol. The van der Waals surface area contributed by atoms with Crippen molar-refractivity contribution in [3.05, 3.63) is 0 Å². The van der Waals surface area contributed by atoms with E-state index in [1.165, 1.54) is 0 Å². The average molecular weight is 157 g/mol. The van der Waals surface area contributed by atoms with Crippen molar-refractivity contribution in [1.82, 2.24) is 5.32 Å². The third-order valence-corrected chi connectivity index (χ3v) is 2.12. The molecular formula is C7H11NO3. The predicted octanol–water partition coefficient (Wildman–Crippen LogP) is -0.708. The lowest BCUT2D eigenvalue weighted by atomic mass is 9.99. The molecule has 1 N–H and O–H groups in total. The highest BCUT2D eigenvalue weighted by molar-refractivity contribution is 5.78. The van der Waals surface area contributed by atoms with Crippen molar-refractivity contribution in [1.29, 1.82) is 0 Å². The van der Waals surface area contributed by atoms with Crippen molar-refractivity contribution in [2.75, 3.05) is 26.4 Å². The summed E-state index contributed by atoms with van der Waals surface area (Å²) in [6, 6.07) is 0. The largest absolute Gasteiger partial charge is 0.379 e. The van der Waals surface area contributed by atoms with Crippen LogP contribution < -0.4 is 5.32 Å². The van der Waals surface area contributed by atoms with Crippen molar-refractivity contribution in [3.8, 4) is 0 Å². The lowest BCUT2D eigenvalue weighted by Gasteiger charge is -2.32. The number of amides is 1. The van der Waals surface area contributed by atoms with Gasteiger partial charge in [-0.3, -0.25) is 4.79 Å². The minimum absolute atomic E-state index is 0.0262. The van der Waals surface area contributed by atoms with Crippen LogP contribution in [0.25, 0.3) is 0 Å². The Labute approximate surface area is 64.9 Å². The third kappa shape index (κ3) is 1.23. The summed E-state index contributed by atoms with van der Waals surface area (Å²) in [6.07, 6.45) is 0.874. The summed E-state index contributed by atoms with van der Waals surface area (Å²) in [5.74, 6) is -0.0262. The first kappa shape index (κ1) is 7.06. The number of carbonyl (C=O) groups is 1. The molecule has 1 spiro atoms. The first-order valence-electron chi connectivity index (χ1n) is 3.77. The summed E-state index contributed by atoms with van der Waals surface area (Å²) in [7, 11) is 0. The quantitative estimate of drug-likeness (QED) is 0.505. The van der Waals surface area contributed by atoms with Crippen LogP contribution in [0.15, 0.2) is 0 Å². The highest BCUT2D eigenvalue weighted by Gasteiger charge is 2.39. The molecule has 62 valence electrons. The number of carbonyl (C=O) groups excluding carboxylic acids is 1. The molecule has 0 radical (unpaired) electrons. The molecule has 11 heavy (non-hydrogen) atoms. The number of hydrogen-bond donors (Lipinski definition) is 1. The summed E-state index contributed by atoms with van der Waals surface area (Å²) in [5.41, 5.74) is -0.199. The van der Waals surface area contributed by atoms with Gasteiger partial charge >= 0.3 is 0 Å². The topological polar surface area (TPSA) is 47.6 Å². The maximum Gasteiger partial charge on any atom is 0.246 e. The second-order valence-corrected chi connectivity index (χ2v) is 3.12. The minimum Gasteiger partial charge on any atom is -0.379 e. The van der Waals surface area contributed by atoms with E-state index in [4.69, 9.17) is 9.47 Å². The van der Waals surface area contributed by atoms with Crippen molar-refractivity contribution < 1.29 is 14.3 Å². The average Bonchev–Trinajstić information content (AvgIpc) is 2.37. The maximum atomic E-state index is 10.9. The van der Waals surface area contributed by atoms with Gasteiger partial charge in [0.05, 0.1) is 18.8 Å². The number of morpholine rings is 1. The predicted molar refractivity (Wildman–Crippen MR) is 37.1 cm³/mol. The fourth-order valence-corrected chi connectivity index (χ4v) is 1.53. The van der Waals surface area contributed by atoms with Crippen LogP contribution in [0.3, 0.4) is 0 Å². The fraction of sp³-hybridized carbons (Fsp3) is 0.857. The fourth-order valence-electron chi connectivity index (χ4n) is 1.53. The Bertz CT molecular complexity index is 175. The van der Waals surface area contributed by atoms with Crippen molar-refractivity contribution in [2.45, 2.75) is 12.0 Å². The van der Waals surface area contributed by atoms with Crippen LogP contribution in [0.4, 0.5) is 0 Å². The van der Waals surface area contributed by atoms with Gasteiger partial charge in [-0.05, 0) is 6.42 Å². The number of hydrogen-bond acceptors (Lipinski definition) is 3. The van der Waals surface area contributed by atoms with E-state index in [1.807, 2.05) is 0 Å². The summed E-state index contributed by atoms with van der Waals surface area (Å²) in [6.45, 7) is 2.11. The molecule has 2 heterocycles. The van der Waals surface area contributed by atoms with Crippen LogP contribution >= 0.6 is 0 Å². The molecule has 0 aromatic carbocycles. The highest BCUT2D eigenvalue weighted by atomic mass is 16.5. The molecule has 0 aliphatic carbocycles. The van der Waals surface area contributed by atoms with Crippen molar-refractivity contribution in [2.24, 2.45) is 0 Å². The molecule has 2 aliphatic rings. The van der Waals surface area contributed by atoms with Gasteiger partial charge in [0.2, 0.25) is 5.91 Å². The lowest BCUT2D eigenvalue weighted by Crippen LogP contribution is -2.57. The summed E-state index contributed by atoms with van der Waals surface area (Å²) in [5, 5.41) is 2.90. The third-order valence-electron chi connectivity index (χ3n) is 2.12. The van der Waals surface area contributed by atoms with Gasteiger partial charge < -0.3 is 14.8 Å². The summed E-state index contributed by atoms with van der Waals surface area (Å²) in [4.78, 5) is 10.9. The number of ether oxygens (including phenoxy) is 2. The summed E-state index contributed by atoms with van der Waals surface area (Å²) < 4.78 is 10.3. The number of nitrogens with one attached hydrogen (secondary N) is 1. The Morgan fingerprint density at radius 1 is 1.36 bits per heavy atom. The standard InChI is InChI=1S/C7H11NO3/c9-6-3-11-5-7(8-6)1-2-10-4-7/h1-5H2,(H,8,9). The summed E-state index contributed by atoms with van der Waals surface area (Å²) >= 11 is 0. The molecule has 2 rings (SSSR count). The Morgan fingerprint density at radius 2 is 2.18 bits per heavy atom. The van der Waals surface area contributed by atoms with Gasteiger partial charge in [-0.15, -0.1) is 0 Å². The molecule has 0 aromatic heterocycles. The molecule has 0 aromatic rings. The first-order valence-corrected chi connectivity index (χ1v) is 3.77. The van der Waals surface area contributed by atoms with E-state index in [1.54, 1.807) is 0 Å². The van der Waals surface area contributed by atoms with E-state index in [0.29, 0.717) is 13.2 Å². The van der Waals surface area contributed by atoms with Crippen LogP contribution in [-0.4, -0.2) is 37.9 Å². The van der Waals surface area contributed by atoms with Crippen molar-refractivity contribution >= 4 is 5.91 Å². The lowest BCUT2D eigenvalue weighted by molar-refractivity contribution is -0.135. The van der Waals surface area contributed by atoms with E-state index in [2.05, 4.69) is 5.32 Å². The Morgan fingerprint density at radius 3 is 2.82 bits per heavy atom. The minimum atomic E-state index is -0.199. The normalized spacial score (nSPS) is 37.6. The smallest absolute Gasteiger partial charge is 0.246 e. The Balaban J connectivity index is 2.05. The van der Waals surface area contributed by atoms with Crippen LogP contribution in [0.2, 0.25) is 0 Å². The molecule has 1 amide bonds.